The van der Waals surface area contributed by atoms with Gasteiger partial charge in [-0.1, -0.05) is 36.4 Å². The highest BCUT2D eigenvalue weighted by Gasteiger charge is 2.23. The molecule has 0 saturated carbocycles. The minimum absolute atomic E-state index is 0.343. The fraction of sp³-hybridized carbons (Fsp3) is 0.167. The summed E-state index contributed by atoms with van der Waals surface area (Å²) in [5, 5.41) is 14.4. The van der Waals surface area contributed by atoms with Gasteiger partial charge >= 0.3 is 0 Å². The molecule has 0 saturated heterocycles. The maximum absolute atomic E-state index is 5.96. The summed E-state index contributed by atoms with van der Waals surface area (Å²) in [6.45, 7) is 4.53. The Morgan fingerprint density at radius 3 is 2.52 bits per heavy atom. The Hall–Kier alpha value is -3.84. The Morgan fingerprint density at radius 1 is 0.968 bits per heavy atom. The molecule has 0 atom stereocenters. The Balaban J connectivity index is 1.81. The van der Waals surface area contributed by atoms with E-state index in [0.717, 1.165) is 33.4 Å². The normalized spacial score (nSPS) is 11.8. The molecule has 31 heavy (non-hydrogen) atoms. The standard InChI is InChI=1S/C24H23N7/c1-24(2,14-25)29-23-28-21(17-9-11-26-12-10-17)20(22-30-27-15-31(22)23)19-8-7-16-5-3-4-6-18(16)13-19/h3-13,15H,14,25H2,1-2H3,(H,28,29). The molecule has 0 aliphatic carbocycles. The number of benzene rings is 2. The van der Waals surface area contributed by atoms with Gasteiger partial charge in [-0.25, -0.2) is 4.98 Å². The highest BCUT2D eigenvalue weighted by Crippen LogP contribution is 2.36. The lowest BCUT2D eigenvalue weighted by molar-refractivity contribution is 0.573. The van der Waals surface area contributed by atoms with Gasteiger partial charge in [0.2, 0.25) is 5.95 Å². The van der Waals surface area contributed by atoms with Gasteiger partial charge in [0.1, 0.15) is 6.33 Å². The summed E-state index contributed by atoms with van der Waals surface area (Å²) in [4.78, 5) is 9.19. The van der Waals surface area contributed by atoms with Crippen LogP contribution in [0.25, 0.3) is 38.8 Å². The zero-order chi connectivity index (χ0) is 21.4. The molecule has 154 valence electrons. The van der Waals surface area contributed by atoms with Gasteiger partial charge in [0.25, 0.3) is 0 Å². The molecule has 7 heteroatoms. The van der Waals surface area contributed by atoms with E-state index < -0.39 is 0 Å². The average molecular weight is 409 g/mol. The molecule has 0 spiro atoms. The number of nitrogens with zero attached hydrogens (tertiary/aromatic N) is 5. The summed E-state index contributed by atoms with van der Waals surface area (Å²) < 4.78 is 1.88. The molecule has 0 bridgehead atoms. The molecule has 0 aliphatic heterocycles. The second-order valence-electron chi connectivity index (χ2n) is 8.19. The minimum atomic E-state index is -0.343. The molecule has 5 aromatic rings. The highest BCUT2D eigenvalue weighted by atomic mass is 15.3. The fourth-order valence-electron chi connectivity index (χ4n) is 3.65. The quantitative estimate of drug-likeness (QED) is 0.453. The third kappa shape index (κ3) is 3.49. The molecule has 0 fully saturated rings. The van der Waals surface area contributed by atoms with Gasteiger partial charge in [-0.15, -0.1) is 10.2 Å². The van der Waals surface area contributed by atoms with Crippen molar-refractivity contribution < 1.29 is 0 Å². The molecule has 0 radical (unpaired) electrons. The van der Waals surface area contributed by atoms with Crippen LogP contribution in [0.1, 0.15) is 13.8 Å². The number of pyridine rings is 1. The van der Waals surface area contributed by atoms with Crippen molar-refractivity contribution in [3.05, 3.63) is 73.3 Å². The molecule has 3 aromatic heterocycles. The Bertz CT molecular complexity index is 1370. The van der Waals surface area contributed by atoms with Crippen LogP contribution in [0.3, 0.4) is 0 Å². The van der Waals surface area contributed by atoms with Crippen molar-refractivity contribution in [1.29, 1.82) is 0 Å². The van der Waals surface area contributed by atoms with E-state index in [4.69, 9.17) is 10.7 Å². The number of hydrogen-bond donors (Lipinski definition) is 2. The molecule has 0 unspecified atom stereocenters. The predicted octanol–water partition coefficient (Wildman–Crippen LogP) is 4.16. The van der Waals surface area contributed by atoms with Gasteiger partial charge in [0, 0.05) is 30.0 Å². The highest BCUT2D eigenvalue weighted by molar-refractivity contribution is 5.95. The van der Waals surface area contributed by atoms with Gasteiger partial charge in [-0.3, -0.25) is 9.38 Å². The zero-order valence-electron chi connectivity index (χ0n) is 17.4. The smallest absolute Gasteiger partial charge is 0.211 e. The van der Waals surface area contributed by atoms with E-state index in [1.807, 2.05) is 42.5 Å². The summed E-state index contributed by atoms with van der Waals surface area (Å²) in [5.41, 5.74) is 10.1. The zero-order valence-corrected chi connectivity index (χ0v) is 17.4. The lowest BCUT2D eigenvalue weighted by Gasteiger charge is -2.26. The lowest BCUT2D eigenvalue weighted by atomic mass is 9.98. The van der Waals surface area contributed by atoms with Crippen LogP contribution in [0.2, 0.25) is 0 Å². The Morgan fingerprint density at radius 2 is 1.74 bits per heavy atom. The third-order valence-corrected chi connectivity index (χ3v) is 5.41. The second kappa shape index (κ2) is 7.45. The first-order valence-corrected chi connectivity index (χ1v) is 10.2. The van der Waals surface area contributed by atoms with Crippen LogP contribution in [0.15, 0.2) is 73.3 Å². The van der Waals surface area contributed by atoms with Crippen LogP contribution in [0.5, 0.6) is 0 Å². The van der Waals surface area contributed by atoms with Crippen LogP contribution >= 0.6 is 0 Å². The van der Waals surface area contributed by atoms with Gasteiger partial charge in [0.15, 0.2) is 5.65 Å². The monoisotopic (exact) mass is 409 g/mol. The number of aromatic nitrogens is 5. The molecule has 7 nitrogen and oxygen atoms in total. The van der Waals surface area contributed by atoms with Crippen molar-refractivity contribution in [2.75, 3.05) is 11.9 Å². The topological polar surface area (TPSA) is 94.0 Å². The van der Waals surface area contributed by atoms with E-state index in [9.17, 15) is 0 Å². The summed E-state index contributed by atoms with van der Waals surface area (Å²) in [7, 11) is 0. The minimum Gasteiger partial charge on any atom is -0.349 e. The van der Waals surface area contributed by atoms with Gasteiger partial charge in [0.05, 0.1) is 11.3 Å². The van der Waals surface area contributed by atoms with Gasteiger partial charge in [-0.2, -0.15) is 0 Å². The van der Waals surface area contributed by atoms with Gasteiger partial charge in [-0.05, 0) is 48.4 Å². The van der Waals surface area contributed by atoms with Crippen molar-refractivity contribution in [2.24, 2.45) is 5.73 Å². The van der Waals surface area contributed by atoms with Crippen LogP contribution in [-0.2, 0) is 0 Å². The van der Waals surface area contributed by atoms with Gasteiger partial charge < -0.3 is 11.1 Å². The van der Waals surface area contributed by atoms with Crippen LogP contribution in [-0.4, -0.2) is 36.6 Å². The molecule has 3 N–H and O–H groups in total. The first-order valence-electron chi connectivity index (χ1n) is 10.2. The first-order chi connectivity index (χ1) is 15.1. The molecular weight excluding hydrogens is 386 g/mol. The number of anilines is 1. The van der Waals surface area contributed by atoms with Crippen LogP contribution in [0.4, 0.5) is 5.95 Å². The van der Waals surface area contributed by atoms with E-state index in [0.29, 0.717) is 12.5 Å². The number of fused-ring (bicyclic) bond motifs is 2. The Labute approximate surface area is 180 Å². The van der Waals surface area contributed by atoms with E-state index >= 15 is 0 Å². The van der Waals surface area contributed by atoms with E-state index in [-0.39, 0.29) is 5.54 Å². The maximum atomic E-state index is 5.96. The van der Waals surface area contributed by atoms with E-state index in [1.54, 1.807) is 18.7 Å². The molecule has 2 aromatic carbocycles. The number of nitrogens with one attached hydrogen (secondary N) is 1. The summed E-state index contributed by atoms with van der Waals surface area (Å²) in [6, 6.07) is 18.6. The van der Waals surface area contributed by atoms with Crippen molar-refractivity contribution in [1.82, 2.24) is 24.6 Å². The molecule has 3 heterocycles. The number of nitrogens with two attached hydrogens (primary N) is 1. The fourth-order valence-corrected chi connectivity index (χ4v) is 3.65. The van der Waals surface area contributed by atoms with E-state index in [1.165, 1.54) is 5.39 Å². The number of hydrogen-bond acceptors (Lipinski definition) is 6. The summed E-state index contributed by atoms with van der Waals surface area (Å²) in [5.74, 6) is 0.645. The Kier molecular flexibility index (Phi) is 4.60. The molecule has 0 amide bonds. The summed E-state index contributed by atoms with van der Waals surface area (Å²) in [6.07, 6.45) is 5.22. The molecule has 5 rings (SSSR count). The number of rotatable bonds is 5. The lowest BCUT2D eigenvalue weighted by Crippen LogP contribution is -2.40. The molecule has 0 aliphatic rings. The van der Waals surface area contributed by atoms with E-state index in [2.05, 4.69) is 50.8 Å². The van der Waals surface area contributed by atoms with Crippen molar-refractivity contribution in [2.45, 2.75) is 19.4 Å². The van der Waals surface area contributed by atoms with Crippen molar-refractivity contribution in [3.63, 3.8) is 0 Å². The average Bonchev–Trinajstić information content (AvgIpc) is 3.29. The molecular formula is C24H23N7. The SMILES string of the molecule is CC(C)(CN)Nc1nc(-c2ccncc2)c(-c2ccc3ccccc3c2)c2nncn12. The third-order valence-electron chi connectivity index (χ3n) is 5.41. The van der Waals surface area contributed by atoms with Crippen molar-refractivity contribution in [3.8, 4) is 22.4 Å². The second-order valence-corrected chi connectivity index (χ2v) is 8.19. The first kappa shape index (κ1) is 19.1. The van der Waals surface area contributed by atoms with Crippen molar-refractivity contribution >= 4 is 22.4 Å². The van der Waals surface area contributed by atoms with Crippen LogP contribution < -0.4 is 11.1 Å². The summed E-state index contributed by atoms with van der Waals surface area (Å²) >= 11 is 0. The largest absolute Gasteiger partial charge is 0.349 e. The van der Waals surface area contributed by atoms with Crippen LogP contribution in [0, 0.1) is 0 Å². The predicted molar refractivity (Wildman–Crippen MR) is 124 cm³/mol. The maximum Gasteiger partial charge on any atom is 0.211 e.